The molecule has 0 N–H and O–H groups in total. The number of ether oxygens (including phenoxy) is 1. The van der Waals surface area contributed by atoms with E-state index in [2.05, 4.69) is 9.72 Å². The molecule has 0 aliphatic rings. The van der Waals surface area contributed by atoms with Gasteiger partial charge in [0.15, 0.2) is 0 Å². The average Bonchev–Trinajstić information content (AvgIpc) is 2.92. The van der Waals surface area contributed by atoms with Crippen LogP contribution in [-0.4, -0.2) is 27.9 Å². The van der Waals surface area contributed by atoms with Gasteiger partial charge in [0.2, 0.25) is 0 Å². The lowest BCUT2D eigenvalue weighted by Crippen LogP contribution is -2.17. The monoisotopic (exact) mass is 244 g/mol. The fraction of sp³-hybridized carbons (Fsp3) is 0.154. The van der Waals surface area contributed by atoms with E-state index in [1.165, 1.54) is 0 Å². The molecule has 1 aromatic carbocycles. The topological polar surface area (TPSA) is 61.2 Å². The van der Waals surface area contributed by atoms with Gasteiger partial charge in [-0.25, -0.2) is 9.78 Å². The molecule has 1 heterocycles. The first-order chi connectivity index (χ1) is 8.72. The highest BCUT2D eigenvalue weighted by molar-refractivity contribution is 6.40. The van der Waals surface area contributed by atoms with Crippen molar-refractivity contribution in [3.05, 3.63) is 48.5 Å². The number of ketones is 1. The van der Waals surface area contributed by atoms with Crippen LogP contribution in [0, 0.1) is 0 Å². The van der Waals surface area contributed by atoms with Crippen molar-refractivity contribution < 1.29 is 14.3 Å². The third-order valence-corrected chi connectivity index (χ3v) is 2.39. The number of benzene rings is 1. The van der Waals surface area contributed by atoms with Crippen LogP contribution in [-0.2, 0) is 9.53 Å². The quantitative estimate of drug-likeness (QED) is 0.466. The summed E-state index contributed by atoms with van der Waals surface area (Å²) in [6.07, 6.45) is 5.11. The number of Topliss-reactive ketones (excluding diaryl/α,β-unsaturated/α-hetero) is 1. The number of esters is 1. The largest absolute Gasteiger partial charge is 0.460 e. The smallest absolute Gasteiger partial charge is 0.379 e. The van der Waals surface area contributed by atoms with Gasteiger partial charge in [-0.1, -0.05) is 0 Å². The van der Waals surface area contributed by atoms with Crippen LogP contribution in [0.1, 0.15) is 17.3 Å². The lowest BCUT2D eigenvalue weighted by atomic mass is 10.1. The Bertz CT molecular complexity index is 544. The van der Waals surface area contributed by atoms with Crippen molar-refractivity contribution in [1.29, 1.82) is 0 Å². The second-order valence-corrected chi connectivity index (χ2v) is 3.57. The minimum absolute atomic E-state index is 0.192. The molecule has 0 saturated heterocycles. The van der Waals surface area contributed by atoms with E-state index in [1.807, 2.05) is 0 Å². The van der Waals surface area contributed by atoms with Crippen LogP contribution >= 0.6 is 0 Å². The Kier molecular flexibility index (Phi) is 3.52. The van der Waals surface area contributed by atoms with Crippen LogP contribution < -0.4 is 0 Å². The molecule has 0 aliphatic carbocycles. The van der Waals surface area contributed by atoms with E-state index in [-0.39, 0.29) is 6.61 Å². The van der Waals surface area contributed by atoms with Crippen LogP contribution in [0.15, 0.2) is 43.0 Å². The Labute approximate surface area is 104 Å². The van der Waals surface area contributed by atoms with Crippen molar-refractivity contribution in [2.75, 3.05) is 6.61 Å². The van der Waals surface area contributed by atoms with Gasteiger partial charge >= 0.3 is 5.97 Å². The average molecular weight is 244 g/mol. The van der Waals surface area contributed by atoms with Crippen LogP contribution in [0.5, 0.6) is 0 Å². The van der Waals surface area contributed by atoms with Crippen molar-refractivity contribution in [3.63, 3.8) is 0 Å². The van der Waals surface area contributed by atoms with Crippen molar-refractivity contribution in [2.45, 2.75) is 6.92 Å². The lowest BCUT2D eigenvalue weighted by Gasteiger charge is -2.04. The number of aromatic nitrogens is 2. The zero-order valence-electron chi connectivity index (χ0n) is 9.87. The molecule has 0 fully saturated rings. The summed E-state index contributed by atoms with van der Waals surface area (Å²) in [5.74, 6) is -1.46. The molecule has 0 atom stereocenters. The van der Waals surface area contributed by atoms with Crippen LogP contribution in [0.2, 0.25) is 0 Å². The van der Waals surface area contributed by atoms with Gasteiger partial charge in [-0.15, -0.1) is 0 Å². The molecule has 92 valence electrons. The third-order valence-electron chi connectivity index (χ3n) is 2.39. The Balaban J connectivity index is 2.18. The van der Waals surface area contributed by atoms with Gasteiger partial charge < -0.3 is 9.30 Å². The maximum atomic E-state index is 11.6. The van der Waals surface area contributed by atoms with Gasteiger partial charge in [0.05, 0.1) is 12.9 Å². The second-order valence-electron chi connectivity index (χ2n) is 3.57. The molecule has 0 radical (unpaired) electrons. The fourth-order valence-electron chi connectivity index (χ4n) is 1.51. The highest BCUT2D eigenvalue weighted by Crippen LogP contribution is 2.10. The number of hydrogen-bond acceptors (Lipinski definition) is 4. The summed E-state index contributed by atoms with van der Waals surface area (Å²) in [6, 6.07) is 6.67. The summed E-state index contributed by atoms with van der Waals surface area (Å²) in [5, 5.41) is 0. The van der Waals surface area contributed by atoms with Crippen LogP contribution in [0.3, 0.4) is 0 Å². The van der Waals surface area contributed by atoms with Crippen molar-refractivity contribution >= 4 is 11.8 Å². The SMILES string of the molecule is CCOC(=O)C(=O)c1ccc(-n2ccnc2)cc1. The minimum Gasteiger partial charge on any atom is -0.460 e. The molecular formula is C13H12N2O3. The Morgan fingerprint density at radius 1 is 1.28 bits per heavy atom. The molecule has 5 heteroatoms. The van der Waals surface area contributed by atoms with Gasteiger partial charge in [0, 0.05) is 23.6 Å². The molecule has 2 aromatic rings. The van der Waals surface area contributed by atoms with Crippen molar-refractivity contribution in [1.82, 2.24) is 9.55 Å². The first-order valence-electron chi connectivity index (χ1n) is 5.52. The molecule has 0 unspecified atom stereocenters. The molecule has 1 aromatic heterocycles. The standard InChI is InChI=1S/C13H12N2O3/c1-2-18-13(17)12(16)10-3-5-11(6-4-10)15-8-7-14-9-15/h3-9H,2H2,1H3. The number of nitrogens with zero attached hydrogens (tertiary/aromatic N) is 2. The predicted molar refractivity (Wildman–Crippen MR) is 64.5 cm³/mol. The van der Waals surface area contributed by atoms with E-state index in [0.717, 1.165) is 5.69 Å². The molecule has 5 nitrogen and oxygen atoms in total. The number of carbonyl (C=O) groups is 2. The maximum Gasteiger partial charge on any atom is 0.379 e. The molecule has 0 bridgehead atoms. The number of imidazole rings is 1. The molecule has 0 spiro atoms. The summed E-state index contributed by atoms with van der Waals surface area (Å²) in [7, 11) is 0. The molecule has 2 rings (SSSR count). The Hall–Kier alpha value is -2.43. The van der Waals surface area contributed by atoms with E-state index in [1.54, 1.807) is 54.5 Å². The first kappa shape index (κ1) is 12.0. The van der Waals surface area contributed by atoms with Crippen molar-refractivity contribution in [3.8, 4) is 5.69 Å². The number of rotatable bonds is 4. The highest BCUT2D eigenvalue weighted by atomic mass is 16.5. The summed E-state index contributed by atoms with van der Waals surface area (Å²) < 4.78 is 6.46. The normalized spacial score (nSPS) is 10.1. The second kappa shape index (κ2) is 5.27. The Morgan fingerprint density at radius 3 is 2.56 bits per heavy atom. The number of carbonyl (C=O) groups excluding carboxylic acids is 2. The van der Waals surface area contributed by atoms with Gasteiger partial charge in [0.25, 0.3) is 5.78 Å². The zero-order valence-corrected chi connectivity index (χ0v) is 9.87. The van der Waals surface area contributed by atoms with E-state index < -0.39 is 11.8 Å². The van der Waals surface area contributed by atoms with E-state index >= 15 is 0 Å². The molecule has 0 aliphatic heterocycles. The van der Waals surface area contributed by atoms with Crippen LogP contribution in [0.25, 0.3) is 5.69 Å². The molecular weight excluding hydrogens is 232 g/mol. The molecule has 0 amide bonds. The van der Waals surface area contributed by atoms with E-state index in [0.29, 0.717) is 5.56 Å². The predicted octanol–water partition coefficient (Wildman–Crippen LogP) is 1.62. The summed E-state index contributed by atoms with van der Waals surface area (Å²) >= 11 is 0. The van der Waals surface area contributed by atoms with Gasteiger partial charge in [-0.2, -0.15) is 0 Å². The minimum atomic E-state index is -0.826. The summed E-state index contributed by atoms with van der Waals surface area (Å²) in [6.45, 7) is 1.85. The fourth-order valence-corrected chi connectivity index (χ4v) is 1.51. The van der Waals surface area contributed by atoms with Gasteiger partial charge in [-0.3, -0.25) is 4.79 Å². The van der Waals surface area contributed by atoms with Crippen LogP contribution in [0.4, 0.5) is 0 Å². The first-order valence-corrected chi connectivity index (χ1v) is 5.52. The van der Waals surface area contributed by atoms with Crippen molar-refractivity contribution in [2.24, 2.45) is 0 Å². The summed E-state index contributed by atoms with van der Waals surface area (Å²) in [5.41, 5.74) is 1.19. The zero-order chi connectivity index (χ0) is 13.0. The lowest BCUT2D eigenvalue weighted by molar-refractivity contribution is -0.137. The number of hydrogen-bond donors (Lipinski definition) is 0. The van der Waals surface area contributed by atoms with E-state index in [9.17, 15) is 9.59 Å². The molecule has 18 heavy (non-hydrogen) atoms. The Morgan fingerprint density at radius 2 is 2.00 bits per heavy atom. The van der Waals surface area contributed by atoms with Gasteiger partial charge in [0.1, 0.15) is 0 Å². The third kappa shape index (κ3) is 2.45. The summed E-state index contributed by atoms with van der Waals surface area (Å²) in [4.78, 5) is 26.8. The van der Waals surface area contributed by atoms with Gasteiger partial charge in [-0.05, 0) is 31.2 Å². The highest BCUT2D eigenvalue weighted by Gasteiger charge is 2.16. The van der Waals surface area contributed by atoms with E-state index in [4.69, 9.17) is 0 Å². The molecule has 0 saturated carbocycles. The maximum absolute atomic E-state index is 11.6.